The van der Waals surface area contributed by atoms with Gasteiger partial charge in [-0.25, -0.2) is 0 Å². The number of aryl methyl sites for hydroxylation is 1. The lowest BCUT2D eigenvalue weighted by molar-refractivity contribution is 0.577. The number of rotatable bonds is 1. The third kappa shape index (κ3) is 1.66. The minimum Gasteiger partial charge on any atom is -0.305 e. The number of thiophene rings is 1. The first-order chi connectivity index (χ1) is 7.84. The Hall–Kier alpha value is -1.19. The smallest absolute Gasteiger partial charge is 0.0689 e. The van der Waals surface area contributed by atoms with Gasteiger partial charge in [-0.15, -0.1) is 11.3 Å². The van der Waals surface area contributed by atoms with E-state index in [1.807, 2.05) is 24.5 Å². The van der Waals surface area contributed by atoms with Crippen molar-refractivity contribution in [2.75, 3.05) is 6.54 Å². The molecule has 2 aromatic heterocycles. The predicted octanol–water partition coefficient (Wildman–Crippen LogP) is 2.69. The Bertz CT molecular complexity index is 487. The molecule has 1 atom stereocenters. The van der Waals surface area contributed by atoms with Crippen LogP contribution in [-0.2, 0) is 6.42 Å². The molecule has 1 unspecified atom stereocenters. The Kier molecular flexibility index (Phi) is 2.50. The van der Waals surface area contributed by atoms with E-state index in [2.05, 4.69) is 33.9 Å². The van der Waals surface area contributed by atoms with Crippen LogP contribution >= 0.6 is 11.3 Å². The number of nitrogens with zero attached hydrogens (tertiary/aromatic N) is 1. The van der Waals surface area contributed by atoms with Crippen molar-refractivity contribution in [3.8, 4) is 0 Å². The molecule has 3 heteroatoms. The molecule has 0 amide bonds. The first kappa shape index (κ1) is 10.00. The standard InChI is InChI=1S/C13H14N2S/c1-9-2-3-11(8-15-9)12-13-10(4-6-14-12)5-7-16-13/h2-3,5,7-8,12,14H,4,6H2,1H3. The molecule has 1 aliphatic heterocycles. The van der Waals surface area contributed by atoms with Crippen molar-refractivity contribution in [1.82, 2.24) is 10.3 Å². The summed E-state index contributed by atoms with van der Waals surface area (Å²) < 4.78 is 0. The topological polar surface area (TPSA) is 24.9 Å². The van der Waals surface area contributed by atoms with Gasteiger partial charge in [0.05, 0.1) is 6.04 Å². The molecule has 2 nitrogen and oxygen atoms in total. The Morgan fingerprint density at radius 1 is 1.38 bits per heavy atom. The molecule has 0 spiro atoms. The van der Waals surface area contributed by atoms with E-state index < -0.39 is 0 Å². The summed E-state index contributed by atoms with van der Waals surface area (Å²) in [5.74, 6) is 0. The van der Waals surface area contributed by atoms with Gasteiger partial charge in [-0.05, 0) is 42.0 Å². The second-order valence-corrected chi connectivity index (χ2v) is 5.13. The molecule has 2 aromatic rings. The van der Waals surface area contributed by atoms with Gasteiger partial charge < -0.3 is 5.32 Å². The normalized spacial score (nSPS) is 19.4. The summed E-state index contributed by atoms with van der Waals surface area (Å²) in [5, 5.41) is 5.75. The van der Waals surface area contributed by atoms with E-state index in [-0.39, 0.29) is 0 Å². The number of pyridine rings is 1. The Morgan fingerprint density at radius 2 is 2.31 bits per heavy atom. The third-order valence-electron chi connectivity index (χ3n) is 3.05. The van der Waals surface area contributed by atoms with E-state index in [4.69, 9.17) is 0 Å². The number of hydrogen-bond donors (Lipinski definition) is 1. The van der Waals surface area contributed by atoms with Gasteiger partial charge in [-0.2, -0.15) is 0 Å². The van der Waals surface area contributed by atoms with Crippen LogP contribution in [0.15, 0.2) is 29.8 Å². The highest BCUT2D eigenvalue weighted by molar-refractivity contribution is 7.10. The van der Waals surface area contributed by atoms with E-state index in [0.717, 1.165) is 18.7 Å². The fourth-order valence-corrected chi connectivity index (χ4v) is 3.23. The summed E-state index contributed by atoms with van der Waals surface area (Å²) in [5.41, 5.74) is 3.84. The van der Waals surface area contributed by atoms with Crippen LogP contribution in [0.3, 0.4) is 0 Å². The van der Waals surface area contributed by atoms with Crippen LogP contribution in [0, 0.1) is 6.92 Å². The summed E-state index contributed by atoms with van der Waals surface area (Å²) in [4.78, 5) is 5.83. The zero-order valence-electron chi connectivity index (χ0n) is 9.23. The highest BCUT2D eigenvalue weighted by atomic mass is 32.1. The van der Waals surface area contributed by atoms with E-state index in [0.29, 0.717) is 6.04 Å². The Labute approximate surface area is 99.4 Å². The van der Waals surface area contributed by atoms with Crippen LogP contribution in [0.25, 0.3) is 0 Å². The number of fused-ring (bicyclic) bond motifs is 1. The van der Waals surface area contributed by atoms with Crippen LogP contribution in [0.2, 0.25) is 0 Å². The van der Waals surface area contributed by atoms with Crippen LogP contribution < -0.4 is 5.32 Å². The van der Waals surface area contributed by atoms with E-state index >= 15 is 0 Å². The molecule has 0 fully saturated rings. The minimum absolute atomic E-state index is 0.344. The van der Waals surface area contributed by atoms with Crippen LogP contribution in [0.4, 0.5) is 0 Å². The third-order valence-corrected chi connectivity index (χ3v) is 4.08. The molecule has 3 heterocycles. The zero-order valence-corrected chi connectivity index (χ0v) is 10.1. The second kappa shape index (κ2) is 4.00. The average Bonchev–Trinajstić information content (AvgIpc) is 2.78. The maximum atomic E-state index is 4.38. The van der Waals surface area contributed by atoms with Gasteiger partial charge in [0.1, 0.15) is 0 Å². The van der Waals surface area contributed by atoms with Gasteiger partial charge in [0.2, 0.25) is 0 Å². The van der Waals surface area contributed by atoms with E-state index in [1.165, 1.54) is 16.0 Å². The molecule has 0 aliphatic carbocycles. The van der Waals surface area contributed by atoms with Crippen molar-refractivity contribution in [3.63, 3.8) is 0 Å². The zero-order chi connectivity index (χ0) is 11.0. The summed E-state index contributed by atoms with van der Waals surface area (Å²) in [6.45, 7) is 3.08. The van der Waals surface area contributed by atoms with E-state index in [9.17, 15) is 0 Å². The van der Waals surface area contributed by atoms with Gasteiger partial charge >= 0.3 is 0 Å². The summed E-state index contributed by atoms with van der Waals surface area (Å²) in [6, 6.07) is 6.85. The monoisotopic (exact) mass is 230 g/mol. The molecule has 0 saturated heterocycles. The molecule has 1 N–H and O–H groups in total. The van der Waals surface area contributed by atoms with Crippen LogP contribution in [0.1, 0.15) is 27.7 Å². The second-order valence-electron chi connectivity index (χ2n) is 4.18. The van der Waals surface area contributed by atoms with Crippen molar-refractivity contribution in [3.05, 3.63) is 51.5 Å². The highest BCUT2D eigenvalue weighted by Crippen LogP contribution is 2.32. The van der Waals surface area contributed by atoms with Gasteiger partial charge in [-0.1, -0.05) is 6.07 Å². The fraction of sp³-hybridized carbons (Fsp3) is 0.308. The molecule has 1 aliphatic rings. The molecular formula is C13H14N2S. The SMILES string of the molecule is Cc1ccc(C2NCCc3ccsc32)cn1. The average molecular weight is 230 g/mol. The molecular weight excluding hydrogens is 216 g/mol. The summed E-state index contributed by atoms with van der Waals surface area (Å²) >= 11 is 1.84. The quantitative estimate of drug-likeness (QED) is 0.814. The predicted molar refractivity (Wildman–Crippen MR) is 66.8 cm³/mol. The van der Waals surface area contributed by atoms with Crippen molar-refractivity contribution >= 4 is 11.3 Å². The van der Waals surface area contributed by atoms with Crippen molar-refractivity contribution in [1.29, 1.82) is 0 Å². The van der Waals surface area contributed by atoms with Crippen molar-refractivity contribution in [2.24, 2.45) is 0 Å². The minimum atomic E-state index is 0.344. The van der Waals surface area contributed by atoms with E-state index in [1.54, 1.807) is 0 Å². The molecule has 0 radical (unpaired) electrons. The Morgan fingerprint density at radius 3 is 3.12 bits per heavy atom. The summed E-state index contributed by atoms with van der Waals surface area (Å²) in [6.07, 6.45) is 3.14. The number of aromatic nitrogens is 1. The van der Waals surface area contributed by atoms with Gasteiger partial charge in [0, 0.05) is 23.3 Å². The largest absolute Gasteiger partial charge is 0.305 e. The summed E-state index contributed by atoms with van der Waals surface area (Å²) in [7, 11) is 0. The lowest BCUT2D eigenvalue weighted by Crippen LogP contribution is -2.29. The van der Waals surface area contributed by atoms with Crippen LogP contribution in [0.5, 0.6) is 0 Å². The molecule has 82 valence electrons. The van der Waals surface area contributed by atoms with Crippen molar-refractivity contribution in [2.45, 2.75) is 19.4 Å². The Balaban J connectivity index is 2.00. The first-order valence-electron chi connectivity index (χ1n) is 5.57. The molecule has 3 rings (SSSR count). The van der Waals surface area contributed by atoms with Gasteiger partial charge in [0.25, 0.3) is 0 Å². The maximum absolute atomic E-state index is 4.38. The van der Waals surface area contributed by atoms with Crippen molar-refractivity contribution < 1.29 is 0 Å². The molecule has 0 bridgehead atoms. The van der Waals surface area contributed by atoms with Crippen LogP contribution in [-0.4, -0.2) is 11.5 Å². The molecule has 0 aromatic carbocycles. The highest BCUT2D eigenvalue weighted by Gasteiger charge is 2.22. The maximum Gasteiger partial charge on any atom is 0.0689 e. The van der Waals surface area contributed by atoms with Gasteiger partial charge in [-0.3, -0.25) is 4.98 Å². The molecule has 16 heavy (non-hydrogen) atoms. The first-order valence-corrected chi connectivity index (χ1v) is 6.45. The molecule has 0 saturated carbocycles. The number of nitrogens with one attached hydrogen (secondary N) is 1. The fourth-order valence-electron chi connectivity index (χ4n) is 2.17. The lowest BCUT2D eigenvalue weighted by atomic mass is 9.99. The number of hydrogen-bond acceptors (Lipinski definition) is 3. The van der Waals surface area contributed by atoms with Gasteiger partial charge in [0.15, 0.2) is 0 Å². The lowest BCUT2D eigenvalue weighted by Gasteiger charge is -2.24.